The van der Waals surface area contributed by atoms with Gasteiger partial charge in [0.15, 0.2) is 0 Å². The molecule has 0 saturated heterocycles. The fourth-order valence-electron chi connectivity index (χ4n) is 1.72. The molecule has 2 aromatic rings. The average Bonchev–Trinajstić information content (AvgIpc) is 2.93. The van der Waals surface area contributed by atoms with E-state index in [1.54, 1.807) is 0 Å². The van der Waals surface area contributed by atoms with Gasteiger partial charge < -0.3 is 5.32 Å². The Morgan fingerprint density at radius 1 is 1.17 bits per heavy atom. The first-order chi connectivity index (χ1) is 8.22. The standard InChI is InChI=1S/C12H19N5.ClH/c1-4-16-9-12(7-14-16)13-6-11-8-17(5-2)15-10(11)3;/h7-9,13H,4-6H2,1-3H3;1H. The van der Waals surface area contributed by atoms with Crippen LogP contribution in [0.1, 0.15) is 25.1 Å². The third kappa shape index (κ3) is 3.26. The van der Waals surface area contributed by atoms with Crippen LogP contribution in [0.2, 0.25) is 0 Å². The molecule has 2 rings (SSSR count). The Kier molecular flexibility index (Phi) is 5.22. The van der Waals surface area contributed by atoms with Gasteiger partial charge in [-0.25, -0.2) is 0 Å². The highest BCUT2D eigenvalue weighted by Gasteiger charge is 2.04. The number of hydrogen-bond acceptors (Lipinski definition) is 3. The van der Waals surface area contributed by atoms with Crippen molar-refractivity contribution in [2.75, 3.05) is 5.32 Å². The molecule has 0 atom stereocenters. The third-order valence-corrected chi connectivity index (χ3v) is 2.81. The van der Waals surface area contributed by atoms with Gasteiger partial charge in [0.1, 0.15) is 0 Å². The summed E-state index contributed by atoms with van der Waals surface area (Å²) in [4.78, 5) is 0. The van der Waals surface area contributed by atoms with Crippen LogP contribution in [0.5, 0.6) is 0 Å². The van der Waals surface area contributed by atoms with E-state index < -0.39 is 0 Å². The molecule has 6 heteroatoms. The first-order valence-corrected chi connectivity index (χ1v) is 6.02. The molecule has 0 fully saturated rings. The van der Waals surface area contributed by atoms with Gasteiger partial charge in [0.05, 0.1) is 17.6 Å². The van der Waals surface area contributed by atoms with Crippen molar-refractivity contribution >= 4 is 18.1 Å². The topological polar surface area (TPSA) is 47.7 Å². The second-order valence-electron chi connectivity index (χ2n) is 4.03. The van der Waals surface area contributed by atoms with E-state index in [0.717, 1.165) is 31.0 Å². The normalized spacial score (nSPS) is 10.2. The molecule has 0 aliphatic heterocycles. The Morgan fingerprint density at radius 2 is 1.89 bits per heavy atom. The van der Waals surface area contributed by atoms with Crippen molar-refractivity contribution in [3.63, 3.8) is 0 Å². The highest BCUT2D eigenvalue weighted by Crippen LogP contribution is 2.10. The van der Waals surface area contributed by atoms with Crippen molar-refractivity contribution < 1.29 is 0 Å². The Morgan fingerprint density at radius 3 is 2.44 bits per heavy atom. The van der Waals surface area contributed by atoms with Gasteiger partial charge in [-0.05, 0) is 20.8 Å². The van der Waals surface area contributed by atoms with E-state index in [1.165, 1.54) is 5.56 Å². The van der Waals surface area contributed by atoms with Crippen molar-refractivity contribution in [1.29, 1.82) is 0 Å². The summed E-state index contributed by atoms with van der Waals surface area (Å²) in [5.74, 6) is 0. The summed E-state index contributed by atoms with van der Waals surface area (Å²) in [5.41, 5.74) is 3.37. The first-order valence-electron chi connectivity index (χ1n) is 6.02. The largest absolute Gasteiger partial charge is 0.378 e. The van der Waals surface area contributed by atoms with Gasteiger partial charge in [0, 0.05) is 37.6 Å². The lowest BCUT2D eigenvalue weighted by Gasteiger charge is -2.01. The average molecular weight is 270 g/mol. The minimum atomic E-state index is 0. The van der Waals surface area contributed by atoms with Crippen molar-refractivity contribution in [2.24, 2.45) is 0 Å². The van der Waals surface area contributed by atoms with Crippen LogP contribution >= 0.6 is 12.4 Å². The second kappa shape index (κ2) is 6.44. The maximum absolute atomic E-state index is 4.42. The fraction of sp³-hybridized carbons (Fsp3) is 0.500. The molecule has 0 bridgehead atoms. The molecule has 0 amide bonds. The number of nitrogens with zero attached hydrogens (tertiary/aromatic N) is 4. The lowest BCUT2D eigenvalue weighted by molar-refractivity contribution is 0.653. The van der Waals surface area contributed by atoms with Gasteiger partial charge in [-0.3, -0.25) is 9.36 Å². The van der Waals surface area contributed by atoms with Crippen LogP contribution in [0.25, 0.3) is 0 Å². The molecule has 0 saturated carbocycles. The van der Waals surface area contributed by atoms with Crippen LogP contribution in [0.3, 0.4) is 0 Å². The smallest absolute Gasteiger partial charge is 0.0729 e. The van der Waals surface area contributed by atoms with Gasteiger partial charge in [-0.2, -0.15) is 10.2 Å². The van der Waals surface area contributed by atoms with E-state index in [2.05, 4.69) is 35.6 Å². The molecule has 0 spiro atoms. The van der Waals surface area contributed by atoms with Crippen molar-refractivity contribution in [2.45, 2.75) is 40.4 Å². The van der Waals surface area contributed by atoms with E-state index in [0.29, 0.717) is 0 Å². The van der Waals surface area contributed by atoms with Crippen LogP contribution in [-0.4, -0.2) is 19.6 Å². The predicted molar refractivity (Wildman–Crippen MR) is 75.1 cm³/mol. The summed E-state index contributed by atoms with van der Waals surface area (Å²) in [6.45, 7) is 8.81. The van der Waals surface area contributed by atoms with Gasteiger partial charge in [-0.15, -0.1) is 12.4 Å². The third-order valence-electron chi connectivity index (χ3n) is 2.81. The lowest BCUT2D eigenvalue weighted by Crippen LogP contribution is -1.99. The molecule has 2 aromatic heterocycles. The zero-order chi connectivity index (χ0) is 12.3. The van der Waals surface area contributed by atoms with Gasteiger partial charge in [-0.1, -0.05) is 0 Å². The molecule has 0 radical (unpaired) electrons. The molecule has 5 nitrogen and oxygen atoms in total. The van der Waals surface area contributed by atoms with Crippen LogP contribution in [0, 0.1) is 6.92 Å². The van der Waals surface area contributed by atoms with Crippen molar-refractivity contribution in [1.82, 2.24) is 19.6 Å². The number of hydrogen-bond donors (Lipinski definition) is 1. The SMILES string of the molecule is CCn1cc(NCc2cn(CC)nc2C)cn1.Cl. The number of halogens is 1. The molecule has 0 aliphatic rings. The molecule has 2 heterocycles. The van der Waals surface area contributed by atoms with E-state index in [9.17, 15) is 0 Å². The van der Waals surface area contributed by atoms with Crippen LogP contribution in [-0.2, 0) is 19.6 Å². The fourth-order valence-corrected chi connectivity index (χ4v) is 1.72. The monoisotopic (exact) mass is 269 g/mol. The summed E-state index contributed by atoms with van der Waals surface area (Å²) in [5, 5.41) is 12.0. The summed E-state index contributed by atoms with van der Waals surface area (Å²) in [6, 6.07) is 0. The summed E-state index contributed by atoms with van der Waals surface area (Å²) < 4.78 is 3.87. The lowest BCUT2D eigenvalue weighted by atomic mass is 10.2. The summed E-state index contributed by atoms with van der Waals surface area (Å²) in [7, 11) is 0. The number of aryl methyl sites for hydroxylation is 3. The van der Waals surface area contributed by atoms with Gasteiger partial charge in [0.25, 0.3) is 0 Å². The Balaban J connectivity index is 0.00000162. The summed E-state index contributed by atoms with van der Waals surface area (Å²) >= 11 is 0. The number of rotatable bonds is 5. The van der Waals surface area contributed by atoms with Crippen molar-refractivity contribution in [3.8, 4) is 0 Å². The Bertz CT molecular complexity index is 488. The molecule has 0 aliphatic carbocycles. The maximum Gasteiger partial charge on any atom is 0.0729 e. The van der Waals surface area contributed by atoms with Crippen LogP contribution < -0.4 is 5.32 Å². The molecular formula is C12H20ClN5. The van der Waals surface area contributed by atoms with E-state index in [1.807, 2.05) is 28.7 Å². The van der Waals surface area contributed by atoms with Crippen molar-refractivity contribution in [3.05, 3.63) is 29.8 Å². The van der Waals surface area contributed by atoms with E-state index in [-0.39, 0.29) is 12.4 Å². The minimum absolute atomic E-state index is 0. The Labute approximate surface area is 114 Å². The van der Waals surface area contributed by atoms with E-state index in [4.69, 9.17) is 0 Å². The molecule has 18 heavy (non-hydrogen) atoms. The second-order valence-corrected chi connectivity index (χ2v) is 4.03. The quantitative estimate of drug-likeness (QED) is 0.907. The molecule has 1 N–H and O–H groups in total. The molecule has 0 aromatic carbocycles. The highest BCUT2D eigenvalue weighted by molar-refractivity contribution is 5.85. The first kappa shape index (κ1) is 14.6. The number of anilines is 1. The maximum atomic E-state index is 4.42. The zero-order valence-electron chi connectivity index (χ0n) is 11.1. The number of nitrogens with one attached hydrogen (secondary N) is 1. The minimum Gasteiger partial charge on any atom is -0.378 e. The Hall–Kier alpha value is -1.49. The van der Waals surface area contributed by atoms with Gasteiger partial charge >= 0.3 is 0 Å². The predicted octanol–water partition coefficient (Wildman–Crippen LogP) is 2.46. The highest BCUT2D eigenvalue weighted by atomic mass is 35.5. The van der Waals surface area contributed by atoms with Crippen LogP contribution in [0.15, 0.2) is 18.6 Å². The molecular weight excluding hydrogens is 250 g/mol. The summed E-state index contributed by atoms with van der Waals surface area (Å²) in [6.07, 6.45) is 5.95. The molecule has 100 valence electrons. The number of aromatic nitrogens is 4. The van der Waals surface area contributed by atoms with E-state index >= 15 is 0 Å². The van der Waals surface area contributed by atoms with Gasteiger partial charge in [0.2, 0.25) is 0 Å². The van der Waals surface area contributed by atoms with Crippen LogP contribution in [0.4, 0.5) is 5.69 Å². The zero-order valence-corrected chi connectivity index (χ0v) is 11.9. The molecule has 0 unspecified atom stereocenters.